The molecule has 7 rings (SSSR count). The van der Waals surface area contributed by atoms with Crippen LogP contribution in [0.1, 0.15) is 5.69 Å². The Morgan fingerprint density at radius 2 is 1.47 bits per heavy atom. The Balaban J connectivity index is 1.62. The molecule has 5 aromatic carbocycles. The van der Waals surface area contributed by atoms with Gasteiger partial charge in [0.15, 0.2) is 0 Å². The third-order valence-corrected chi connectivity index (χ3v) is 6.96. The summed E-state index contributed by atoms with van der Waals surface area (Å²) >= 11 is 0. The predicted molar refractivity (Wildman–Crippen MR) is 148 cm³/mol. The zero-order valence-electron chi connectivity index (χ0n) is 20.1. The van der Waals surface area contributed by atoms with Crippen molar-refractivity contribution in [2.24, 2.45) is 0 Å². The van der Waals surface area contributed by atoms with E-state index in [-0.39, 0.29) is 0 Å². The second kappa shape index (κ2) is 7.92. The normalized spacial score (nSPS) is 11.6. The fourth-order valence-electron chi connectivity index (χ4n) is 5.29. The topological polar surface area (TPSA) is 39.9 Å². The number of para-hydroxylation sites is 2. The van der Waals surface area contributed by atoms with Crippen molar-refractivity contribution < 1.29 is 4.74 Å². The van der Waals surface area contributed by atoms with Crippen LogP contribution in [0.25, 0.3) is 60.4 Å². The van der Waals surface area contributed by atoms with Crippen LogP contribution in [-0.2, 0) is 0 Å². The first-order chi connectivity index (χ1) is 17.7. The Morgan fingerprint density at radius 1 is 0.694 bits per heavy atom. The Hall–Kier alpha value is -4.70. The molecule has 0 saturated carbocycles. The van der Waals surface area contributed by atoms with Crippen molar-refractivity contribution in [1.82, 2.24) is 14.5 Å². The molecule has 0 saturated heterocycles. The average molecular weight is 466 g/mol. The van der Waals surface area contributed by atoms with Gasteiger partial charge in [0.1, 0.15) is 5.75 Å². The molecule has 4 heteroatoms. The number of aryl methyl sites for hydroxylation is 1. The number of methoxy groups -OCH3 is 1. The molecule has 2 heterocycles. The molecule has 0 aliphatic rings. The SMILES string of the molecule is COc1ccc(-c2cc3cc4c(cc3c3ncc(C)nc23)c2ccccc2n4-c2ccccc2)cc1. The summed E-state index contributed by atoms with van der Waals surface area (Å²) in [5.74, 6) is 0.834. The average Bonchev–Trinajstić information content (AvgIpc) is 3.25. The number of rotatable bonds is 3. The van der Waals surface area contributed by atoms with Crippen molar-refractivity contribution in [2.45, 2.75) is 6.92 Å². The molecule has 4 nitrogen and oxygen atoms in total. The molecule has 0 atom stereocenters. The fraction of sp³-hybridized carbons (Fsp3) is 0.0625. The maximum absolute atomic E-state index is 5.38. The molecule has 0 N–H and O–H groups in total. The number of fused-ring (bicyclic) bond motifs is 6. The first-order valence-corrected chi connectivity index (χ1v) is 12.0. The van der Waals surface area contributed by atoms with Gasteiger partial charge in [0.05, 0.1) is 34.9 Å². The summed E-state index contributed by atoms with van der Waals surface area (Å²) in [5.41, 5.74) is 8.41. The highest BCUT2D eigenvalue weighted by molar-refractivity contribution is 6.19. The van der Waals surface area contributed by atoms with E-state index in [1.807, 2.05) is 25.3 Å². The Labute approximate surface area is 208 Å². The molecular formula is C32H23N3O. The van der Waals surface area contributed by atoms with Gasteiger partial charge in [0.25, 0.3) is 0 Å². The summed E-state index contributed by atoms with van der Waals surface area (Å²) in [5, 5.41) is 4.69. The monoisotopic (exact) mass is 465 g/mol. The van der Waals surface area contributed by atoms with Crippen molar-refractivity contribution in [3.8, 4) is 22.6 Å². The van der Waals surface area contributed by atoms with Crippen LogP contribution in [0.2, 0.25) is 0 Å². The first-order valence-electron chi connectivity index (χ1n) is 12.0. The predicted octanol–water partition coefficient (Wildman–Crippen LogP) is 7.86. The highest BCUT2D eigenvalue weighted by Gasteiger charge is 2.17. The molecule has 0 amide bonds. The van der Waals surface area contributed by atoms with Crippen molar-refractivity contribution in [3.63, 3.8) is 0 Å². The minimum absolute atomic E-state index is 0.834. The molecule has 0 fully saturated rings. The zero-order chi connectivity index (χ0) is 24.2. The van der Waals surface area contributed by atoms with Crippen LogP contribution in [0.15, 0.2) is 103 Å². The Kier molecular flexibility index (Phi) is 4.55. The molecule has 7 aromatic rings. The van der Waals surface area contributed by atoms with Gasteiger partial charge in [-0.05, 0) is 66.4 Å². The lowest BCUT2D eigenvalue weighted by Crippen LogP contribution is -1.95. The molecule has 0 bridgehead atoms. The van der Waals surface area contributed by atoms with E-state index >= 15 is 0 Å². The van der Waals surface area contributed by atoms with Crippen molar-refractivity contribution >= 4 is 43.6 Å². The van der Waals surface area contributed by atoms with Gasteiger partial charge in [-0.15, -0.1) is 0 Å². The second-order valence-corrected chi connectivity index (χ2v) is 9.14. The Morgan fingerprint density at radius 3 is 2.28 bits per heavy atom. The van der Waals surface area contributed by atoms with E-state index in [1.54, 1.807) is 7.11 Å². The summed E-state index contributed by atoms with van der Waals surface area (Å²) in [6.45, 7) is 1.99. The van der Waals surface area contributed by atoms with Crippen LogP contribution < -0.4 is 4.74 Å². The maximum Gasteiger partial charge on any atom is 0.118 e. The van der Waals surface area contributed by atoms with Crippen LogP contribution in [-0.4, -0.2) is 21.6 Å². The van der Waals surface area contributed by atoms with Gasteiger partial charge >= 0.3 is 0 Å². The molecule has 0 unspecified atom stereocenters. The molecule has 0 aliphatic carbocycles. The fourth-order valence-corrected chi connectivity index (χ4v) is 5.29. The molecule has 2 aromatic heterocycles. The summed E-state index contributed by atoms with van der Waals surface area (Å²) in [4.78, 5) is 9.83. The number of nitrogens with zero attached hydrogens (tertiary/aromatic N) is 3. The summed E-state index contributed by atoms with van der Waals surface area (Å²) in [6, 6.07) is 34.1. The largest absolute Gasteiger partial charge is 0.497 e. The van der Waals surface area contributed by atoms with E-state index in [0.717, 1.165) is 50.1 Å². The summed E-state index contributed by atoms with van der Waals surface area (Å²) < 4.78 is 7.73. The first kappa shape index (κ1) is 20.7. The quantitative estimate of drug-likeness (QED) is 0.249. The minimum atomic E-state index is 0.834. The van der Waals surface area contributed by atoms with Gasteiger partial charge in [0.2, 0.25) is 0 Å². The van der Waals surface area contributed by atoms with Gasteiger partial charge < -0.3 is 9.30 Å². The molecule has 0 spiro atoms. The summed E-state index contributed by atoms with van der Waals surface area (Å²) in [6.07, 6.45) is 1.86. The standard InChI is InChI=1S/C32H23N3O/c1-20-19-33-31-27-18-28-25-10-6-7-11-29(25)35(23-8-4-3-5-9-23)30(28)17-22(27)16-26(32(31)34-20)21-12-14-24(36-2)15-13-21/h3-19H,1-2H3. The van der Waals surface area contributed by atoms with Crippen molar-refractivity contribution in [1.29, 1.82) is 0 Å². The molecule has 172 valence electrons. The van der Waals surface area contributed by atoms with Gasteiger partial charge in [-0.2, -0.15) is 0 Å². The van der Waals surface area contributed by atoms with E-state index in [2.05, 4.69) is 89.5 Å². The van der Waals surface area contributed by atoms with Crippen molar-refractivity contribution in [3.05, 3.63) is 109 Å². The molecule has 36 heavy (non-hydrogen) atoms. The van der Waals surface area contributed by atoms with Gasteiger partial charge in [-0.25, -0.2) is 4.98 Å². The van der Waals surface area contributed by atoms with E-state index in [4.69, 9.17) is 14.7 Å². The minimum Gasteiger partial charge on any atom is -0.497 e. The number of ether oxygens (including phenoxy) is 1. The number of aromatic nitrogens is 3. The van der Waals surface area contributed by atoms with E-state index in [0.29, 0.717) is 0 Å². The van der Waals surface area contributed by atoms with E-state index in [9.17, 15) is 0 Å². The Bertz CT molecular complexity index is 1920. The number of hydrogen-bond donors (Lipinski definition) is 0. The summed E-state index contributed by atoms with van der Waals surface area (Å²) in [7, 11) is 1.69. The van der Waals surface area contributed by atoms with Crippen LogP contribution >= 0.6 is 0 Å². The van der Waals surface area contributed by atoms with E-state index in [1.165, 1.54) is 21.8 Å². The third-order valence-electron chi connectivity index (χ3n) is 6.96. The highest BCUT2D eigenvalue weighted by Crippen LogP contribution is 2.39. The molecule has 0 radical (unpaired) electrons. The van der Waals surface area contributed by atoms with Crippen molar-refractivity contribution in [2.75, 3.05) is 7.11 Å². The number of benzene rings is 5. The third kappa shape index (κ3) is 3.08. The molecular weight excluding hydrogens is 442 g/mol. The van der Waals surface area contributed by atoms with Gasteiger partial charge in [-0.1, -0.05) is 48.5 Å². The van der Waals surface area contributed by atoms with Crippen LogP contribution in [0.4, 0.5) is 0 Å². The zero-order valence-corrected chi connectivity index (χ0v) is 20.1. The highest BCUT2D eigenvalue weighted by atomic mass is 16.5. The second-order valence-electron chi connectivity index (χ2n) is 9.14. The van der Waals surface area contributed by atoms with Crippen LogP contribution in [0.3, 0.4) is 0 Å². The number of hydrogen-bond acceptors (Lipinski definition) is 3. The molecule has 0 aliphatic heterocycles. The lowest BCUT2D eigenvalue weighted by Gasteiger charge is -2.12. The maximum atomic E-state index is 5.38. The van der Waals surface area contributed by atoms with Crippen LogP contribution in [0, 0.1) is 6.92 Å². The smallest absolute Gasteiger partial charge is 0.118 e. The van der Waals surface area contributed by atoms with Gasteiger partial charge in [0, 0.05) is 33.6 Å². The van der Waals surface area contributed by atoms with E-state index < -0.39 is 0 Å². The lowest BCUT2D eigenvalue weighted by atomic mass is 9.97. The van der Waals surface area contributed by atoms with Crippen LogP contribution in [0.5, 0.6) is 5.75 Å². The lowest BCUT2D eigenvalue weighted by molar-refractivity contribution is 0.415. The van der Waals surface area contributed by atoms with Gasteiger partial charge in [-0.3, -0.25) is 4.98 Å².